The van der Waals surface area contributed by atoms with Crippen molar-refractivity contribution in [2.75, 3.05) is 25.8 Å². The summed E-state index contributed by atoms with van der Waals surface area (Å²) in [5.41, 5.74) is 1.20. The second-order valence-corrected chi connectivity index (χ2v) is 8.50. The summed E-state index contributed by atoms with van der Waals surface area (Å²) in [5, 5.41) is -0.280. The summed E-state index contributed by atoms with van der Waals surface area (Å²) < 4.78 is 89.3. The molecule has 0 saturated carbocycles. The molecule has 0 amide bonds. The minimum Gasteiger partial charge on any atom is -0.305 e. The fourth-order valence-corrected chi connectivity index (χ4v) is 4.48. The van der Waals surface area contributed by atoms with Crippen molar-refractivity contribution < 1.29 is 26.1 Å². The number of halogens is 5. The van der Waals surface area contributed by atoms with Crippen LogP contribution in [-0.2, 0) is 12.6 Å². The number of likely N-dealkylation sites (N-methyl/N-ethyl adjacent to an activating group) is 1. The molecule has 0 heterocycles. The van der Waals surface area contributed by atoms with Crippen molar-refractivity contribution in [3.63, 3.8) is 0 Å². The van der Waals surface area contributed by atoms with Gasteiger partial charge < -0.3 is 4.90 Å². The fraction of sp³-hybridized carbons (Fsp3) is 0.280. The highest BCUT2D eigenvalue weighted by molar-refractivity contribution is 7.99. The molecule has 0 saturated heterocycles. The van der Waals surface area contributed by atoms with Crippen molar-refractivity contribution in [2.24, 2.45) is 0 Å². The number of thioether (sulfide) groups is 1. The maximum Gasteiger partial charge on any atom is 0.416 e. The standard InChI is InChI=1S/C25H24F5NS/c1-31(14-13-18-3-2-4-21(17-18)25(28,29)30)15-16-32-24(19-5-9-22(26)10-6-19)20-7-11-23(27)12-8-20/h2-12,17,24H,13-16H2,1H3/i1T3. The van der Waals surface area contributed by atoms with Gasteiger partial charge in [-0.15, -0.1) is 11.8 Å². The van der Waals surface area contributed by atoms with Gasteiger partial charge in [-0.25, -0.2) is 8.78 Å². The van der Waals surface area contributed by atoms with Gasteiger partial charge in [0, 0.05) is 23.0 Å². The van der Waals surface area contributed by atoms with Gasteiger partial charge in [0.05, 0.1) is 10.8 Å². The van der Waals surface area contributed by atoms with Crippen molar-refractivity contribution in [1.29, 1.82) is 0 Å². The average Bonchev–Trinajstić information content (AvgIpc) is 2.79. The highest BCUT2D eigenvalue weighted by Gasteiger charge is 2.30. The summed E-state index contributed by atoms with van der Waals surface area (Å²) in [6.45, 7) is -2.22. The Balaban J connectivity index is 1.69. The Bertz CT molecular complexity index is 1040. The molecule has 0 aromatic heterocycles. The van der Waals surface area contributed by atoms with Crippen LogP contribution < -0.4 is 0 Å². The van der Waals surface area contributed by atoms with Crippen molar-refractivity contribution in [1.82, 2.24) is 4.90 Å². The van der Waals surface area contributed by atoms with E-state index in [1.165, 1.54) is 47.0 Å². The first-order chi connectivity index (χ1) is 16.4. The van der Waals surface area contributed by atoms with E-state index in [-0.39, 0.29) is 36.4 Å². The molecule has 0 spiro atoms. The molecule has 0 aliphatic heterocycles. The molecule has 7 heteroatoms. The first-order valence-electron chi connectivity index (χ1n) is 11.5. The molecule has 0 atom stereocenters. The molecule has 0 fully saturated rings. The van der Waals surface area contributed by atoms with Gasteiger partial charge in [0.25, 0.3) is 0 Å². The smallest absolute Gasteiger partial charge is 0.305 e. The Hall–Kier alpha value is -2.38. The molecular weight excluding hydrogens is 441 g/mol. The lowest BCUT2D eigenvalue weighted by atomic mass is 10.0. The third-order valence-corrected chi connectivity index (χ3v) is 6.21. The van der Waals surface area contributed by atoms with Gasteiger partial charge in [-0.2, -0.15) is 13.2 Å². The molecule has 1 nitrogen and oxygen atoms in total. The molecule has 0 aliphatic carbocycles. The lowest BCUT2D eigenvalue weighted by molar-refractivity contribution is -0.137. The number of rotatable bonds is 9. The molecule has 3 aromatic carbocycles. The van der Waals surface area contributed by atoms with Crippen molar-refractivity contribution in [3.8, 4) is 0 Å². The van der Waals surface area contributed by atoms with Crippen LogP contribution in [0.3, 0.4) is 0 Å². The lowest BCUT2D eigenvalue weighted by Crippen LogP contribution is -2.24. The summed E-state index contributed by atoms with van der Waals surface area (Å²) in [4.78, 5) is 1.26. The molecule has 0 bridgehead atoms. The monoisotopic (exact) mass is 471 g/mol. The summed E-state index contributed by atoms with van der Waals surface area (Å²) >= 11 is 1.43. The zero-order valence-electron chi connectivity index (χ0n) is 20.1. The molecular formula is C25H24F5NS. The number of nitrogens with zero attached hydrogens (tertiary/aromatic N) is 1. The van der Waals surface area contributed by atoms with E-state index in [4.69, 9.17) is 4.11 Å². The molecule has 3 aromatic rings. The maximum absolute atomic E-state index is 13.4. The van der Waals surface area contributed by atoms with Gasteiger partial charge in [0.15, 0.2) is 0 Å². The van der Waals surface area contributed by atoms with Crippen LogP contribution in [0.15, 0.2) is 72.8 Å². The normalized spacial score (nSPS) is 13.8. The summed E-state index contributed by atoms with van der Waals surface area (Å²) in [7, 11) is 0. The molecule has 170 valence electrons. The van der Waals surface area contributed by atoms with E-state index >= 15 is 0 Å². The lowest BCUT2D eigenvalue weighted by Gasteiger charge is -2.21. The summed E-state index contributed by atoms with van der Waals surface area (Å²) in [6.07, 6.45) is -4.32. The van der Waals surface area contributed by atoms with Crippen LogP contribution in [0.4, 0.5) is 22.0 Å². The molecule has 0 radical (unpaired) electrons. The Morgan fingerprint density at radius 2 is 1.47 bits per heavy atom. The van der Waals surface area contributed by atoms with E-state index in [9.17, 15) is 22.0 Å². The quantitative estimate of drug-likeness (QED) is 0.310. The maximum atomic E-state index is 13.4. The molecule has 0 aliphatic rings. The SMILES string of the molecule is [3H]C([3H])([3H])N(CCSC(c1ccc(F)cc1)c1ccc(F)cc1)CCc1cccc(C(F)(F)F)c1. The molecule has 0 N–H and O–H groups in total. The minimum atomic E-state index is -4.47. The Kier molecular flexibility index (Phi) is 6.94. The van der Waals surface area contributed by atoms with Crippen LogP contribution in [0, 0.1) is 11.6 Å². The Morgan fingerprint density at radius 3 is 2.00 bits per heavy atom. The van der Waals surface area contributed by atoms with E-state index in [1.807, 2.05) is 0 Å². The highest BCUT2D eigenvalue weighted by atomic mass is 32.2. The predicted octanol–water partition coefficient (Wildman–Crippen LogP) is 6.98. The largest absolute Gasteiger partial charge is 0.416 e. The van der Waals surface area contributed by atoms with E-state index in [1.54, 1.807) is 30.3 Å². The number of alkyl halides is 3. The van der Waals surface area contributed by atoms with E-state index in [0.717, 1.165) is 23.3 Å². The van der Waals surface area contributed by atoms with Gasteiger partial charge in [-0.3, -0.25) is 0 Å². The van der Waals surface area contributed by atoms with Crippen molar-refractivity contribution >= 4 is 11.8 Å². The van der Waals surface area contributed by atoms with Crippen molar-refractivity contribution in [2.45, 2.75) is 17.8 Å². The Labute approximate surface area is 193 Å². The van der Waals surface area contributed by atoms with E-state index < -0.39 is 18.7 Å². The number of hydrogen-bond donors (Lipinski definition) is 0. The van der Waals surface area contributed by atoms with Crippen LogP contribution in [0.5, 0.6) is 0 Å². The molecule has 3 rings (SSSR count). The Morgan fingerprint density at radius 1 is 0.875 bits per heavy atom. The van der Waals surface area contributed by atoms with Crippen LogP contribution >= 0.6 is 11.8 Å². The number of hydrogen-bond acceptors (Lipinski definition) is 2. The predicted molar refractivity (Wildman–Crippen MR) is 120 cm³/mol. The summed E-state index contributed by atoms with van der Waals surface area (Å²) in [5.74, 6) is -0.403. The first-order valence-corrected chi connectivity index (χ1v) is 11.0. The topological polar surface area (TPSA) is 3.24 Å². The zero-order chi connectivity index (χ0) is 25.6. The van der Waals surface area contributed by atoms with Gasteiger partial charge >= 0.3 is 6.18 Å². The van der Waals surface area contributed by atoms with E-state index in [2.05, 4.69) is 0 Å². The van der Waals surface area contributed by atoms with E-state index in [0.29, 0.717) is 11.3 Å². The molecule has 0 unspecified atom stereocenters. The van der Waals surface area contributed by atoms with Crippen LogP contribution in [0.1, 0.15) is 31.6 Å². The van der Waals surface area contributed by atoms with Gasteiger partial charge in [0.1, 0.15) is 11.6 Å². The van der Waals surface area contributed by atoms with Gasteiger partial charge in [-0.05, 0) is 60.4 Å². The minimum absolute atomic E-state index is 0.0517. The average molecular weight is 472 g/mol. The van der Waals surface area contributed by atoms with Crippen LogP contribution in [0.2, 0.25) is 0 Å². The number of benzene rings is 3. The molecule has 32 heavy (non-hydrogen) atoms. The van der Waals surface area contributed by atoms with Gasteiger partial charge in [-0.1, -0.05) is 42.5 Å². The second-order valence-electron chi connectivity index (χ2n) is 7.29. The third-order valence-electron chi connectivity index (χ3n) is 4.92. The zero-order valence-corrected chi connectivity index (χ0v) is 17.9. The highest BCUT2D eigenvalue weighted by Crippen LogP contribution is 2.36. The van der Waals surface area contributed by atoms with Crippen LogP contribution in [-0.4, -0.2) is 30.7 Å². The van der Waals surface area contributed by atoms with Gasteiger partial charge in [0.2, 0.25) is 0 Å². The van der Waals surface area contributed by atoms with Crippen LogP contribution in [0.25, 0.3) is 0 Å². The fourth-order valence-electron chi connectivity index (χ4n) is 3.22. The first kappa shape index (κ1) is 20.2. The third kappa shape index (κ3) is 7.07. The summed E-state index contributed by atoms with van der Waals surface area (Å²) in [6, 6.07) is 16.7. The second kappa shape index (κ2) is 11.0. The van der Waals surface area contributed by atoms with Crippen molar-refractivity contribution in [3.05, 3.63) is 107 Å².